The normalized spacial score (nSPS) is 24.9. The molecule has 3 rings (SSSR count). The van der Waals surface area contributed by atoms with Crippen molar-refractivity contribution in [2.45, 2.75) is 38.3 Å². The molecule has 0 aromatic carbocycles. The van der Waals surface area contributed by atoms with Crippen molar-refractivity contribution in [1.82, 2.24) is 20.1 Å². The standard InChI is InChI=1S/C15H26N4S/c1-13-14(20-12-17-13)10-19-9-3-8-18(2)15(11-19)4-6-16-7-5-15/h12,16H,3-11H2,1-2H3. The van der Waals surface area contributed by atoms with E-state index in [4.69, 9.17) is 0 Å². The summed E-state index contributed by atoms with van der Waals surface area (Å²) >= 11 is 1.81. The number of aromatic nitrogens is 1. The number of likely N-dealkylation sites (N-methyl/N-ethyl adjacent to an activating group) is 1. The van der Waals surface area contributed by atoms with Gasteiger partial charge in [0.2, 0.25) is 0 Å². The average molecular weight is 294 g/mol. The Balaban J connectivity index is 1.73. The molecule has 3 heterocycles. The molecule has 2 fully saturated rings. The maximum atomic E-state index is 4.40. The Hall–Kier alpha value is -0.490. The molecule has 2 aliphatic heterocycles. The van der Waals surface area contributed by atoms with Crippen LogP contribution in [0.15, 0.2) is 5.51 Å². The number of nitrogens with zero attached hydrogens (tertiary/aromatic N) is 3. The van der Waals surface area contributed by atoms with Gasteiger partial charge in [0.1, 0.15) is 0 Å². The molecule has 4 nitrogen and oxygen atoms in total. The Morgan fingerprint density at radius 3 is 2.85 bits per heavy atom. The Bertz CT molecular complexity index is 439. The third-order valence-corrected chi connectivity index (χ3v) is 5.96. The lowest BCUT2D eigenvalue weighted by Crippen LogP contribution is -2.57. The van der Waals surface area contributed by atoms with E-state index in [1.54, 1.807) is 0 Å². The molecule has 0 unspecified atom stereocenters. The van der Waals surface area contributed by atoms with E-state index in [9.17, 15) is 0 Å². The molecule has 1 aromatic rings. The number of piperidine rings is 1. The van der Waals surface area contributed by atoms with Crippen molar-refractivity contribution in [3.05, 3.63) is 16.1 Å². The molecule has 0 amide bonds. The third kappa shape index (κ3) is 2.91. The van der Waals surface area contributed by atoms with E-state index in [-0.39, 0.29) is 0 Å². The van der Waals surface area contributed by atoms with E-state index >= 15 is 0 Å². The largest absolute Gasteiger partial charge is 0.317 e. The predicted octanol–water partition coefficient (Wildman–Crippen LogP) is 1.71. The van der Waals surface area contributed by atoms with E-state index in [1.165, 1.54) is 49.5 Å². The van der Waals surface area contributed by atoms with Gasteiger partial charge in [-0.25, -0.2) is 4.98 Å². The van der Waals surface area contributed by atoms with Gasteiger partial charge in [-0.2, -0.15) is 0 Å². The highest BCUT2D eigenvalue weighted by molar-refractivity contribution is 7.09. The first kappa shape index (κ1) is 14.4. The van der Waals surface area contributed by atoms with Crippen LogP contribution < -0.4 is 5.32 Å². The van der Waals surface area contributed by atoms with E-state index < -0.39 is 0 Å². The first-order valence-corrected chi connectivity index (χ1v) is 8.61. The van der Waals surface area contributed by atoms with Gasteiger partial charge in [-0.15, -0.1) is 11.3 Å². The molecule has 1 aromatic heterocycles. The van der Waals surface area contributed by atoms with E-state index in [0.29, 0.717) is 5.54 Å². The number of rotatable bonds is 2. The van der Waals surface area contributed by atoms with Gasteiger partial charge in [-0.3, -0.25) is 9.80 Å². The summed E-state index contributed by atoms with van der Waals surface area (Å²) in [6.07, 6.45) is 3.84. The topological polar surface area (TPSA) is 31.4 Å². The van der Waals surface area contributed by atoms with Crippen molar-refractivity contribution in [3.8, 4) is 0 Å². The molecule has 2 aliphatic rings. The van der Waals surface area contributed by atoms with Crippen molar-refractivity contribution in [2.75, 3.05) is 39.8 Å². The van der Waals surface area contributed by atoms with Crippen LogP contribution in [0.5, 0.6) is 0 Å². The van der Waals surface area contributed by atoms with Gasteiger partial charge in [-0.1, -0.05) is 0 Å². The van der Waals surface area contributed by atoms with Crippen LogP contribution in [0.3, 0.4) is 0 Å². The molecule has 0 aliphatic carbocycles. The fourth-order valence-electron chi connectivity index (χ4n) is 3.63. The summed E-state index contributed by atoms with van der Waals surface area (Å²) in [5.41, 5.74) is 3.59. The molecule has 0 saturated carbocycles. The van der Waals surface area contributed by atoms with Crippen LogP contribution in [0.2, 0.25) is 0 Å². The Morgan fingerprint density at radius 2 is 2.15 bits per heavy atom. The second-order valence-electron chi connectivity index (χ2n) is 6.32. The minimum absolute atomic E-state index is 0.389. The van der Waals surface area contributed by atoms with Crippen molar-refractivity contribution in [3.63, 3.8) is 0 Å². The molecule has 1 N–H and O–H groups in total. The summed E-state index contributed by atoms with van der Waals surface area (Å²) in [6, 6.07) is 0. The first-order valence-electron chi connectivity index (χ1n) is 7.73. The second kappa shape index (κ2) is 6.10. The Kier molecular flexibility index (Phi) is 4.40. The van der Waals surface area contributed by atoms with E-state index in [0.717, 1.165) is 19.6 Å². The molecule has 5 heteroatoms. The average Bonchev–Trinajstić information content (AvgIpc) is 2.78. The van der Waals surface area contributed by atoms with E-state index in [1.807, 2.05) is 16.8 Å². The Morgan fingerprint density at radius 1 is 1.35 bits per heavy atom. The highest BCUT2D eigenvalue weighted by Crippen LogP contribution is 2.30. The fourth-order valence-corrected chi connectivity index (χ4v) is 4.45. The van der Waals surface area contributed by atoms with Gasteiger partial charge in [0.05, 0.1) is 11.2 Å². The smallest absolute Gasteiger partial charge is 0.0798 e. The van der Waals surface area contributed by atoms with Crippen LogP contribution in [-0.2, 0) is 6.54 Å². The maximum Gasteiger partial charge on any atom is 0.0798 e. The molecule has 0 bridgehead atoms. The molecule has 20 heavy (non-hydrogen) atoms. The summed E-state index contributed by atoms with van der Waals surface area (Å²) in [5, 5.41) is 3.51. The molecule has 0 atom stereocenters. The number of hydrogen-bond donors (Lipinski definition) is 1. The van der Waals surface area contributed by atoms with Gasteiger partial charge < -0.3 is 5.32 Å². The summed E-state index contributed by atoms with van der Waals surface area (Å²) in [6.45, 7) is 9.21. The maximum absolute atomic E-state index is 4.40. The highest BCUT2D eigenvalue weighted by atomic mass is 32.1. The summed E-state index contributed by atoms with van der Waals surface area (Å²) < 4.78 is 0. The van der Waals surface area contributed by atoms with Crippen molar-refractivity contribution >= 4 is 11.3 Å². The molecular formula is C15H26N4S. The van der Waals surface area contributed by atoms with Gasteiger partial charge in [0.15, 0.2) is 0 Å². The lowest BCUT2D eigenvalue weighted by molar-refractivity contribution is 0.0639. The molecule has 1 spiro atoms. The molecule has 112 valence electrons. The summed E-state index contributed by atoms with van der Waals surface area (Å²) in [5.74, 6) is 0. The number of thiazole rings is 1. The molecular weight excluding hydrogens is 268 g/mol. The number of hydrogen-bond acceptors (Lipinski definition) is 5. The van der Waals surface area contributed by atoms with Gasteiger partial charge in [-0.05, 0) is 59.4 Å². The van der Waals surface area contributed by atoms with Gasteiger partial charge >= 0.3 is 0 Å². The number of nitrogens with one attached hydrogen (secondary N) is 1. The van der Waals surface area contributed by atoms with Crippen LogP contribution in [0.25, 0.3) is 0 Å². The van der Waals surface area contributed by atoms with Crippen LogP contribution in [0.1, 0.15) is 29.8 Å². The zero-order valence-electron chi connectivity index (χ0n) is 12.7. The lowest BCUT2D eigenvalue weighted by Gasteiger charge is -2.45. The quantitative estimate of drug-likeness (QED) is 0.900. The second-order valence-corrected chi connectivity index (χ2v) is 7.26. The predicted molar refractivity (Wildman–Crippen MR) is 84.2 cm³/mol. The zero-order valence-corrected chi connectivity index (χ0v) is 13.5. The van der Waals surface area contributed by atoms with Crippen LogP contribution in [0.4, 0.5) is 0 Å². The third-order valence-electron chi connectivity index (χ3n) is 5.04. The van der Waals surface area contributed by atoms with Crippen molar-refractivity contribution in [1.29, 1.82) is 0 Å². The van der Waals surface area contributed by atoms with Crippen molar-refractivity contribution < 1.29 is 0 Å². The Labute approximate surface area is 126 Å². The molecule has 2 saturated heterocycles. The lowest BCUT2D eigenvalue weighted by atomic mass is 9.86. The summed E-state index contributed by atoms with van der Waals surface area (Å²) in [4.78, 5) is 11.1. The van der Waals surface area contributed by atoms with E-state index in [2.05, 4.69) is 34.1 Å². The van der Waals surface area contributed by atoms with Gasteiger partial charge in [0.25, 0.3) is 0 Å². The summed E-state index contributed by atoms with van der Waals surface area (Å²) in [7, 11) is 2.33. The van der Waals surface area contributed by atoms with Crippen molar-refractivity contribution in [2.24, 2.45) is 0 Å². The SMILES string of the molecule is Cc1ncsc1CN1CCCN(C)C2(CCNCC2)C1. The fraction of sp³-hybridized carbons (Fsp3) is 0.800. The van der Waals surface area contributed by atoms with Crippen LogP contribution in [0, 0.1) is 6.92 Å². The minimum Gasteiger partial charge on any atom is -0.317 e. The monoisotopic (exact) mass is 294 g/mol. The number of aryl methyl sites for hydroxylation is 1. The van der Waals surface area contributed by atoms with Crippen LogP contribution in [-0.4, -0.2) is 60.1 Å². The molecule has 0 radical (unpaired) electrons. The minimum atomic E-state index is 0.389. The van der Waals surface area contributed by atoms with Crippen LogP contribution >= 0.6 is 11.3 Å². The highest BCUT2D eigenvalue weighted by Gasteiger charge is 2.39. The first-order chi connectivity index (χ1) is 9.70. The zero-order chi connectivity index (χ0) is 14.0. The van der Waals surface area contributed by atoms with Gasteiger partial charge in [0, 0.05) is 23.5 Å².